The first-order chi connectivity index (χ1) is 7.72. The van der Waals surface area contributed by atoms with Gasteiger partial charge in [0.2, 0.25) is 0 Å². The van der Waals surface area contributed by atoms with Crippen LogP contribution in [0.4, 0.5) is 5.69 Å². The quantitative estimate of drug-likeness (QED) is 0.787. The number of benzene rings is 1. The molecule has 1 aromatic heterocycles. The van der Waals surface area contributed by atoms with Gasteiger partial charge in [-0.2, -0.15) is 0 Å². The highest BCUT2D eigenvalue weighted by Crippen LogP contribution is 2.22. The van der Waals surface area contributed by atoms with Crippen molar-refractivity contribution in [2.75, 3.05) is 12.8 Å². The average Bonchev–Trinajstić information content (AvgIpc) is 2.33. The van der Waals surface area contributed by atoms with Gasteiger partial charge in [0.15, 0.2) is 0 Å². The SMILES string of the molecule is COc1ccc(-c2nc[nH]c(=O)c2N)cc1. The van der Waals surface area contributed by atoms with Crippen molar-refractivity contribution in [3.05, 3.63) is 40.9 Å². The number of aromatic amines is 1. The fourth-order valence-electron chi connectivity index (χ4n) is 1.39. The Bertz CT molecular complexity index is 546. The van der Waals surface area contributed by atoms with Crippen molar-refractivity contribution in [1.29, 1.82) is 0 Å². The van der Waals surface area contributed by atoms with Crippen LogP contribution in [0.25, 0.3) is 11.3 Å². The molecular formula is C11H11N3O2. The first kappa shape index (κ1) is 10.2. The van der Waals surface area contributed by atoms with E-state index >= 15 is 0 Å². The molecule has 0 aliphatic rings. The van der Waals surface area contributed by atoms with Crippen LogP contribution in [0, 0.1) is 0 Å². The third-order valence-corrected chi connectivity index (χ3v) is 2.25. The van der Waals surface area contributed by atoms with Gasteiger partial charge in [0.25, 0.3) is 5.56 Å². The topological polar surface area (TPSA) is 81.0 Å². The van der Waals surface area contributed by atoms with Gasteiger partial charge in [0, 0.05) is 5.56 Å². The second-order valence-electron chi connectivity index (χ2n) is 3.22. The summed E-state index contributed by atoms with van der Waals surface area (Å²) in [5, 5.41) is 0. The molecular weight excluding hydrogens is 206 g/mol. The maximum absolute atomic E-state index is 11.3. The molecule has 0 saturated carbocycles. The second kappa shape index (κ2) is 4.06. The van der Waals surface area contributed by atoms with E-state index in [4.69, 9.17) is 10.5 Å². The zero-order chi connectivity index (χ0) is 11.5. The third-order valence-electron chi connectivity index (χ3n) is 2.25. The highest BCUT2D eigenvalue weighted by atomic mass is 16.5. The van der Waals surface area contributed by atoms with E-state index in [-0.39, 0.29) is 11.2 Å². The van der Waals surface area contributed by atoms with Crippen LogP contribution >= 0.6 is 0 Å². The van der Waals surface area contributed by atoms with Gasteiger partial charge in [-0.15, -0.1) is 0 Å². The Hall–Kier alpha value is -2.30. The van der Waals surface area contributed by atoms with Crippen LogP contribution in [0.1, 0.15) is 0 Å². The van der Waals surface area contributed by atoms with Gasteiger partial charge in [0.05, 0.1) is 13.4 Å². The predicted octanol–water partition coefficient (Wildman–Crippen LogP) is 1.03. The number of nitrogens with zero attached hydrogens (tertiary/aromatic N) is 1. The lowest BCUT2D eigenvalue weighted by Crippen LogP contribution is -2.13. The molecule has 0 spiro atoms. The molecule has 0 amide bonds. The molecule has 82 valence electrons. The van der Waals surface area contributed by atoms with Crippen molar-refractivity contribution in [3.63, 3.8) is 0 Å². The molecule has 0 aliphatic carbocycles. The Morgan fingerprint density at radius 2 is 2.00 bits per heavy atom. The largest absolute Gasteiger partial charge is 0.497 e. The lowest BCUT2D eigenvalue weighted by Gasteiger charge is -2.04. The predicted molar refractivity (Wildman–Crippen MR) is 61.3 cm³/mol. The monoisotopic (exact) mass is 217 g/mol. The highest BCUT2D eigenvalue weighted by Gasteiger charge is 2.06. The van der Waals surface area contributed by atoms with E-state index in [2.05, 4.69) is 9.97 Å². The van der Waals surface area contributed by atoms with Gasteiger partial charge in [-0.05, 0) is 24.3 Å². The van der Waals surface area contributed by atoms with E-state index in [9.17, 15) is 4.79 Å². The summed E-state index contributed by atoms with van der Waals surface area (Å²) in [4.78, 5) is 17.8. The van der Waals surface area contributed by atoms with Gasteiger partial charge in [-0.1, -0.05) is 0 Å². The van der Waals surface area contributed by atoms with Crippen LogP contribution in [0.2, 0.25) is 0 Å². The van der Waals surface area contributed by atoms with Crippen LogP contribution in [0.5, 0.6) is 5.75 Å². The molecule has 0 fully saturated rings. The number of H-pyrrole nitrogens is 1. The molecule has 1 aromatic carbocycles. The summed E-state index contributed by atoms with van der Waals surface area (Å²) >= 11 is 0. The van der Waals surface area contributed by atoms with Crippen LogP contribution < -0.4 is 16.0 Å². The normalized spacial score (nSPS) is 10.1. The van der Waals surface area contributed by atoms with E-state index in [0.29, 0.717) is 5.69 Å². The number of nitrogens with one attached hydrogen (secondary N) is 1. The van der Waals surface area contributed by atoms with Crippen molar-refractivity contribution in [2.45, 2.75) is 0 Å². The molecule has 1 heterocycles. The van der Waals surface area contributed by atoms with E-state index in [0.717, 1.165) is 11.3 Å². The molecule has 2 aromatic rings. The van der Waals surface area contributed by atoms with E-state index in [1.54, 1.807) is 31.4 Å². The van der Waals surface area contributed by atoms with Crippen molar-refractivity contribution >= 4 is 5.69 Å². The Morgan fingerprint density at radius 1 is 1.31 bits per heavy atom. The maximum atomic E-state index is 11.3. The second-order valence-corrected chi connectivity index (χ2v) is 3.22. The minimum absolute atomic E-state index is 0.118. The number of nitrogens with two attached hydrogens (primary N) is 1. The molecule has 0 atom stereocenters. The number of aromatic nitrogens is 2. The molecule has 0 unspecified atom stereocenters. The highest BCUT2D eigenvalue weighted by molar-refractivity contribution is 5.71. The van der Waals surface area contributed by atoms with E-state index in [1.807, 2.05) is 0 Å². The summed E-state index contributed by atoms with van der Waals surface area (Å²) in [6.07, 6.45) is 1.33. The van der Waals surface area contributed by atoms with E-state index in [1.165, 1.54) is 6.33 Å². The number of hydrogen-bond donors (Lipinski definition) is 2. The maximum Gasteiger partial charge on any atom is 0.274 e. The van der Waals surface area contributed by atoms with Gasteiger partial charge >= 0.3 is 0 Å². The van der Waals surface area contributed by atoms with E-state index < -0.39 is 0 Å². The first-order valence-electron chi connectivity index (χ1n) is 4.70. The molecule has 0 bridgehead atoms. The number of ether oxygens (including phenoxy) is 1. The summed E-state index contributed by atoms with van der Waals surface area (Å²) < 4.78 is 5.04. The van der Waals surface area contributed by atoms with Gasteiger partial charge in [-0.3, -0.25) is 4.79 Å². The first-order valence-corrected chi connectivity index (χ1v) is 4.70. The standard InChI is InChI=1S/C11H11N3O2/c1-16-8-4-2-7(3-5-8)10-9(12)11(15)14-6-13-10/h2-6H,12H2,1H3,(H,13,14,15). The molecule has 2 rings (SSSR count). The van der Waals surface area contributed by atoms with Crippen molar-refractivity contribution in [1.82, 2.24) is 9.97 Å². The fourth-order valence-corrected chi connectivity index (χ4v) is 1.39. The minimum Gasteiger partial charge on any atom is -0.497 e. The minimum atomic E-state index is -0.333. The number of nitrogen functional groups attached to an aromatic ring is 1. The lowest BCUT2D eigenvalue weighted by atomic mass is 10.1. The van der Waals surface area contributed by atoms with Crippen LogP contribution in [-0.4, -0.2) is 17.1 Å². The number of rotatable bonds is 2. The van der Waals surface area contributed by atoms with Crippen molar-refractivity contribution in [3.8, 4) is 17.0 Å². The molecule has 0 aliphatic heterocycles. The third kappa shape index (κ3) is 1.75. The zero-order valence-corrected chi connectivity index (χ0v) is 8.73. The molecule has 0 radical (unpaired) electrons. The summed E-state index contributed by atoms with van der Waals surface area (Å²) in [5.74, 6) is 0.743. The molecule has 5 heteroatoms. The average molecular weight is 217 g/mol. The Labute approximate surface area is 91.9 Å². The zero-order valence-electron chi connectivity index (χ0n) is 8.73. The fraction of sp³-hybridized carbons (Fsp3) is 0.0909. The van der Waals surface area contributed by atoms with Gasteiger partial charge in [0.1, 0.15) is 17.1 Å². The smallest absolute Gasteiger partial charge is 0.274 e. The summed E-state index contributed by atoms with van der Waals surface area (Å²) in [5.41, 5.74) is 6.69. The summed E-state index contributed by atoms with van der Waals surface area (Å²) in [6.45, 7) is 0. The summed E-state index contributed by atoms with van der Waals surface area (Å²) in [7, 11) is 1.59. The van der Waals surface area contributed by atoms with Crippen LogP contribution in [0.15, 0.2) is 35.4 Å². The Balaban J connectivity index is 2.50. The number of anilines is 1. The van der Waals surface area contributed by atoms with Gasteiger partial charge in [-0.25, -0.2) is 4.98 Å². The Kier molecular flexibility index (Phi) is 2.59. The molecule has 0 saturated heterocycles. The van der Waals surface area contributed by atoms with Gasteiger partial charge < -0.3 is 15.5 Å². The molecule has 3 N–H and O–H groups in total. The lowest BCUT2D eigenvalue weighted by molar-refractivity contribution is 0.415. The van der Waals surface area contributed by atoms with Crippen molar-refractivity contribution < 1.29 is 4.74 Å². The van der Waals surface area contributed by atoms with Crippen LogP contribution in [0.3, 0.4) is 0 Å². The number of hydrogen-bond acceptors (Lipinski definition) is 4. The summed E-state index contributed by atoms with van der Waals surface area (Å²) in [6, 6.07) is 7.18. The molecule has 16 heavy (non-hydrogen) atoms. The Morgan fingerprint density at radius 3 is 2.62 bits per heavy atom. The van der Waals surface area contributed by atoms with Crippen LogP contribution in [-0.2, 0) is 0 Å². The van der Waals surface area contributed by atoms with Crippen molar-refractivity contribution in [2.24, 2.45) is 0 Å². The molecule has 5 nitrogen and oxygen atoms in total. The number of methoxy groups -OCH3 is 1.